The molecule has 2 fully saturated rings. The highest BCUT2D eigenvalue weighted by atomic mass is 16.5. The number of carbonyl (C=O) groups excluding carboxylic acids is 2. The number of amides is 1. The number of carbonyl (C=O) groups is 2. The standard InChI is InChI=1S/C29H38N2O3/c1-21(30-2)28(32)20-26(22-10-5-3-6-11-22)29(33)31-19-9-14-27(31)23-15-17-25(18-16-23)34-24-12-7-4-8-13-24/h4,7-8,12-13,15-18,21-22,26-27,30H,3,5-6,9-11,14,19-20H2,1-2H3/t21-,26-,27-/m0/s1. The summed E-state index contributed by atoms with van der Waals surface area (Å²) in [4.78, 5) is 28.8. The van der Waals surface area contributed by atoms with Crippen molar-refractivity contribution < 1.29 is 14.3 Å². The average Bonchev–Trinajstić information content (AvgIpc) is 3.38. The summed E-state index contributed by atoms with van der Waals surface area (Å²) >= 11 is 0. The molecule has 2 aromatic carbocycles. The molecule has 0 unspecified atom stereocenters. The zero-order valence-electron chi connectivity index (χ0n) is 20.5. The minimum Gasteiger partial charge on any atom is -0.457 e. The van der Waals surface area contributed by atoms with Gasteiger partial charge in [-0.2, -0.15) is 0 Å². The number of para-hydroxylation sites is 1. The lowest BCUT2D eigenvalue weighted by atomic mass is 9.76. The van der Waals surface area contributed by atoms with Crippen LogP contribution in [0.4, 0.5) is 0 Å². The number of Topliss-reactive ketones (excluding diaryl/α,β-unsaturated/α-hetero) is 1. The molecule has 0 aromatic heterocycles. The van der Waals surface area contributed by atoms with Gasteiger partial charge < -0.3 is 15.0 Å². The average molecular weight is 463 g/mol. The Kier molecular flexibility index (Phi) is 8.39. The summed E-state index contributed by atoms with van der Waals surface area (Å²) in [6, 6.07) is 17.7. The van der Waals surface area contributed by atoms with E-state index < -0.39 is 0 Å². The van der Waals surface area contributed by atoms with Crippen LogP contribution in [0.1, 0.15) is 69.9 Å². The first-order chi connectivity index (χ1) is 16.6. The van der Waals surface area contributed by atoms with E-state index in [-0.39, 0.29) is 29.7 Å². The highest BCUT2D eigenvalue weighted by molar-refractivity contribution is 5.90. The summed E-state index contributed by atoms with van der Waals surface area (Å²) in [6.07, 6.45) is 7.98. The van der Waals surface area contributed by atoms with Gasteiger partial charge in [-0.25, -0.2) is 0 Å². The molecule has 1 saturated carbocycles. The highest BCUT2D eigenvalue weighted by Gasteiger charge is 2.39. The zero-order chi connectivity index (χ0) is 23.9. The Morgan fingerprint density at radius 3 is 2.29 bits per heavy atom. The molecule has 0 radical (unpaired) electrons. The molecule has 1 saturated heterocycles. The second kappa shape index (κ2) is 11.7. The smallest absolute Gasteiger partial charge is 0.226 e. The molecular formula is C29H38N2O3. The van der Waals surface area contributed by atoms with Gasteiger partial charge in [0.15, 0.2) is 0 Å². The summed E-state index contributed by atoms with van der Waals surface area (Å²) in [5, 5.41) is 3.05. The monoisotopic (exact) mass is 462 g/mol. The van der Waals surface area contributed by atoms with E-state index in [4.69, 9.17) is 4.74 Å². The summed E-state index contributed by atoms with van der Waals surface area (Å²) in [6.45, 7) is 2.66. The Labute approximate surface area is 203 Å². The van der Waals surface area contributed by atoms with Crippen molar-refractivity contribution in [2.45, 2.75) is 70.4 Å². The number of ether oxygens (including phenoxy) is 1. The first-order valence-corrected chi connectivity index (χ1v) is 12.9. The first kappa shape index (κ1) is 24.5. The van der Waals surface area contributed by atoms with Crippen LogP contribution in [0.5, 0.6) is 11.5 Å². The van der Waals surface area contributed by atoms with Gasteiger partial charge in [0.05, 0.1) is 12.1 Å². The number of hydrogen-bond donors (Lipinski definition) is 1. The Bertz CT molecular complexity index is 938. The number of ketones is 1. The lowest BCUT2D eigenvalue weighted by molar-refractivity contribution is -0.141. The minimum atomic E-state index is -0.217. The van der Waals surface area contributed by atoms with Gasteiger partial charge in [-0.3, -0.25) is 9.59 Å². The van der Waals surface area contributed by atoms with Crippen molar-refractivity contribution in [2.24, 2.45) is 11.8 Å². The van der Waals surface area contributed by atoms with Crippen molar-refractivity contribution in [1.29, 1.82) is 0 Å². The molecule has 1 heterocycles. The van der Waals surface area contributed by atoms with Gasteiger partial charge in [0, 0.05) is 18.9 Å². The molecule has 1 aliphatic carbocycles. The van der Waals surface area contributed by atoms with Crippen LogP contribution in [0.2, 0.25) is 0 Å². The van der Waals surface area contributed by atoms with Crippen molar-refractivity contribution in [3.05, 3.63) is 60.2 Å². The summed E-state index contributed by atoms with van der Waals surface area (Å²) in [5.74, 6) is 2.03. The predicted octanol–water partition coefficient (Wildman–Crippen LogP) is 5.91. The molecule has 34 heavy (non-hydrogen) atoms. The fraction of sp³-hybridized carbons (Fsp3) is 0.517. The maximum absolute atomic E-state index is 13.9. The molecule has 1 aliphatic heterocycles. The second-order valence-electron chi connectivity index (χ2n) is 9.86. The SMILES string of the molecule is CN[C@@H](C)C(=O)C[C@H](C(=O)N1CCC[C@H]1c1ccc(Oc2ccccc2)cc1)C1CCCCC1. The largest absolute Gasteiger partial charge is 0.457 e. The third-order valence-corrected chi connectivity index (χ3v) is 7.65. The fourth-order valence-corrected chi connectivity index (χ4v) is 5.52. The van der Waals surface area contributed by atoms with E-state index in [1.54, 1.807) is 0 Å². The molecule has 2 aromatic rings. The van der Waals surface area contributed by atoms with Crippen molar-refractivity contribution in [3.8, 4) is 11.5 Å². The maximum atomic E-state index is 13.9. The zero-order valence-corrected chi connectivity index (χ0v) is 20.5. The maximum Gasteiger partial charge on any atom is 0.226 e. The fourth-order valence-electron chi connectivity index (χ4n) is 5.52. The highest BCUT2D eigenvalue weighted by Crippen LogP contribution is 2.39. The first-order valence-electron chi connectivity index (χ1n) is 12.9. The lowest BCUT2D eigenvalue weighted by Gasteiger charge is -2.35. The minimum absolute atomic E-state index is 0.0705. The molecule has 3 atom stereocenters. The van der Waals surface area contributed by atoms with E-state index in [0.29, 0.717) is 12.3 Å². The predicted molar refractivity (Wildman–Crippen MR) is 135 cm³/mol. The van der Waals surface area contributed by atoms with Gasteiger partial charge in [-0.05, 0) is 75.4 Å². The van der Waals surface area contributed by atoms with Gasteiger partial charge in [0.25, 0.3) is 0 Å². The molecule has 4 rings (SSSR count). The Morgan fingerprint density at radius 2 is 1.62 bits per heavy atom. The van der Waals surface area contributed by atoms with Crippen molar-refractivity contribution in [3.63, 3.8) is 0 Å². The van der Waals surface area contributed by atoms with E-state index in [9.17, 15) is 9.59 Å². The lowest BCUT2D eigenvalue weighted by Crippen LogP contribution is -2.42. The van der Waals surface area contributed by atoms with Crippen LogP contribution in [0.15, 0.2) is 54.6 Å². The third kappa shape index (κ3) is 5.87. The molecule has 0 bridgehead atoms. The van der Waals surface area contributed by atoms with Crippen LogP contribution < -0.4 is 10.1 Å². The van der Waals surface area contributed by atoms with E-state index in [1.807, 2.05) is 56.4 Å². The van der Waals surface area contributed by atoms with Gasteiger partial charge in [0.1, 0.15) is 17.3 Å². The van der Waals surface area contributed by atoms with Crippen LogP contribution in [-0.4, -0.2) is 36.2 Å². The summed E-state index contributed by atoms with van der Waals surface area (Å²) in [5.41, 5.74) is 1.14. The second-order valence-corrected chi connectivity index (χ2v) is 9.86. The molecule has 2 aliphatic rings. The molecular weight excluding hydrogens is 424 g/mol. The molecule has 0 spiro atoms. The Balaban J connectivity index is 1.49. The number of nitrogens with one attached hydrogen (secondary N) is 1. The number of likely N-dealkylation sites (tertiary alicyclic amines) is 1. The Morgan fingerprint density at radius 1 is 0.941 bits per heavy atom. The van der Waals surface area contributed by atoms with Gasteiger partial charge >= 0.3 is 0 Å². The van der Waals surface area contributed by atoms with Crippen molar-refractivity contribution in [1.82, 2.24) is 10.2 Å². The molecule has 1 N–H and O–H groups in total. The van der Waals surface area contributed by atoms with E-state index in [0.717, 1.165) is 62.1 Å². The summed E-state index contributed by atoms with van der Waals surface area (Å²) < 4.78 is 5.94. The van der Waals surface area contributed by atoms with Crippen molar-refractivity contribution >= 4 is 11.7 Å². The number of hydrogen-bond acceptors (Lipinski definition) is 4. The van der Waals surface area contributed by atoms with Crippen LogP contribution in [0.3, 0.4) is 0 Å². The number of likely N-dealkylation sites (N-methyl/N-ethyl adjacent to an activating group) is 1. The molecule has 5 heteroatoms. The topological polar surface area (TPSA) is 58.6 Å². The van der Waals surface area contributed by atoms with Gasteiger partial charge in [-0.15, -0.1) is 0 Å². The van der Waals surface area contributed by atoms with Crippen LogP contribution in [0.25, 0.3) is 0 Å². The van der Waals surface area contributed by atoms with Gasteiger partial charge in [-0.1, -0.05) is 49.6 Å². The Hall–Kier alpha value is -2.66. The van der Waals surface area contributed by atoms with Gasteiger partial charge in [0.2, 0.25) is 5.91 Å². The summed E-state index contributed by atoms with van der Waals surface area (Å²) in [7, 11) is 1.81. The molecule has 5 nitrogen and oxygen atoms in total. The quantitative estimate of drug-likeness (QED) is 0.504. The van der Waals surface area contributed by atoms with Crippen molar-refractivity contribution in [2.75, 3.05) is 13.6 Å². The number of rotatable bonds is 9. The van der Waals surface area contributed by atoms with Crippen LogP contribution in [-0.2, 0) is 9.59 Å². The number of benzene rings is 2. The van der Waals surface area contributed by atoms with E-state index in [1.165, 1.54) is 6.42 Å². The molecule has 182 valence electrons. The normalized spacial score (nSPS) is 20.6. The molecule has 1 amide bonds. The van der Waals surface area contributed by atoms with E-state index in [2.05, 4.69) is 22.3 Å². The number of nitrogens with zero attached hydrogens (tertiary/aromatic N) is 1. The van der Waals surface area contributed by atoms with Crippen LogP contribution >= 0.6 is 0 Å². The van der Waals surface area contributed by atoms with Crippen LogP contribution in [0, 0.1) is 11.8 Å². The third-order valence-electron chi connectivity index (χ3n) is 7.65. The van der Waals surface area contributed by atoms with E-state index >= 15 is 0 Å².